The molecule has 30 heavy (non-hydrogen) atoms. The van der Waals surface area contributed by atoms with E-state index in [1.54, 1.807) is 6.07 Å². The molecule has 3 N–H and O–H groups in total. The molecule has 1 aromatic carbocycles. The number of aromatic amines is 1. The number of benzene rings is 1. The lowest BCUT2D eigenvalue weighted by molar-refractivity contribution is 0.0950. The summed E-state index contributed by atoms with van der Waals surface area (Å²) in [5, 5.41) is 6.81. The van der Waals surface area contributed by atoms with Crippen LogP contribution in [0, 0.1) is 26.7 Å². The molecule has 162 valence electrons. The number of hydrogen-bond donors (Lipinski definition) is 3. The number of anilines is 1. The van der Waals surface area contributed by atoms with Gasteiger partial charge in [0.05, 0.1) is 0 Å². The van der Waals surface area contributed by atoms with E-state index in [-0.39, 0.29) is 18.0 Å². The fraction of sp³-hybridized carbons (Fsp3) is 0.478. The van der Waals surface area contributed by atoms with Crippen molar-refractivity contribution in [3.05, 3.63) is 61.5 Å². The molecule has 0 atom stereocenters. The molecule has 6 nitrogen and oxygen atoms in total. The van der Waals surface area contributed by atoms with Gasteiger partial charge < -0.3 is 20.5 Å². The first-order chi connectivity index (χ1) is 14.3. The van der Waals surface area contributed by atoms with Crippen LogP contribution >= 0.6 is 11.6 Å². The summed E-state index contributed by atoms with van der Waals surface area (Å²) in [6.45, 7) is 8.88. The Labute approximate surface area is 183 Å². The van der Waals surface area contributed by atoms with Crippen LogP contribution in [0.4, 0.5) is 5.69 Å². The lowest BCUT2D eigenvalue weighted by Gasteiger charge is -2.30. The molecule has 3 rings (SSSR count). The van der Waals surface area contributed by atoms with Gasteiger partial charge in [-0.15, -0.1) is 0 Å². The molecule has 2 aromatic rings. The maximum absolute atomic E-state index is 12.9. The Kier molecular flexibility index (Phi) is 7.21. The minimum atomic E-state index is -0.231. The van der Waals surface area contributed by atoms with Crippen molar-refractivity contribution in [3.8, 4) is 0 Å². The third-order valence-corrected chi connectivity index (χ3v) is 6.13. The summed E-state index contributed by atoms with van der Waals surface area (Å²) in [7, 11) is 2.05. The highest BCUT2D eigenvalue weighted by molar-refractivity contribution is 6.31. The van der Waals surface area contributed by atoms with Crippen LogP contribution in [0.25, 0.3) is 0 Å². The Morgan fingerprint density at radius 1 is 1.20 bits per heavy atom. The third-order valence-electron chi connectivity index (χ3n) is 5.91. The average molecular weight is 431 g/mol. The smallest absolute Gasteiger partial charge is 0.253 e. The highest BCUT2D eigenvalue weighted by atomic mass is 35.5. The number of nitrogens with zero attached hydrogens (tertiary/aromatic N) is 1. The molecule has 2 heterocycles. The van der Waals surface area contributed by atoms with Crippen LogP contribution in [-0.2, 0) is 6.54 Å². The fourth-order valence-electron chi connectivity index (χ4n) is 4.21. The van der Waals surface area contributed by atoms with Crippen LogP contribution in [0.1, 0.15) is 45.6 Å². The van der Waals surface area contributed by atoms with Gasteiger partial charge in [0.1, 0.15) is 0 Å². The molecule has 0 saturated carbocycles. The maximum atomic E-state index is 12.9. The first kappa shape index (κ1) is 22.4. The predicted molar refractivity (Wildman–Crippen MR) is 123 cm³/mol. The number of H-pyrrole nitrogens is 1. The highest BCUT2D eigenvalue weighted by Gasteiger charge is 2.20. The predicted octanol–water partition coefficient (Wildman–Crippen LogP) is 3.32. The van der Waals surface area contributed by atoms with Crippen molar-refractivity contribution in [2.75, 3.05) is 31.6 Å². The minimum absolute atomic E-state index is 0.169. The molecular weight excluding hydrogens is 400 g/mol. The van der Waals surface area contributed by atoms with Crippen molar-refractivity contribution in [3.63, 3.8) is 0 Å². The number of pyridine rings is 1. The summed E-state index contributed by atoms with van der Waals surface area (Å²) >= 11 is 6.37. The van der Waals surface area contributed by atoms with E-state index >= 15 is 0 Å². The monoisotopic (exact) mass is 430 g/mol. The summed E-state index contributed by atoms with van der Waals surface area (Å²) in [4.78, 5) is 30.1. The summed E-state index contributed by atoms with van der Waals surface area (Å²) in [6.07, 6.45) is 2.31. The van der Waals surface area contributed by atoms with Gasteiger partial charge in [0.15, 0.2) is 0 Å². The molecule has 0 spiro atoms. The van der Waals surface area contributed by atoms with Gasteiger partial charge in [-0.2, -0.15) is 0 Å². The zero-order valence-corrected chi connectivity index (χ0v) is 18.9. The van der Waals surface area contributed by atoms with Crippen LogP contribution in [-0.4, -0.2) is 37.6 Å². The van der Waals surface area contributed by atoms with Crippen molar-refractivity contribution >= 4 is 23.2 Å². The second-order valence-electron chi connectivity index (χ2n) is 8.30. The lowest BCUT2D eigenvalue weighted by Crippen LogP contribution is -2.35. The number of aromatic nitrogens is 1. The normalized spacial score (nSPS) is 14.6. The average Bonchev–Trinajstić information content (AvgIpc) is 2.69. The van der Waals surface area contributed by atoms with Crippen molar-refractivity contribution in [1.29, 1.82) is 0 Å². The van der Waals surface area contributed by atoms with Crippen LogP contribution in [0.2, 0.25) is 5.02 Å². The van der Waals surface area contributed by atoms with E-state index < -0.39 is 0 Å². The first-order valence-corrected chi connectivity index (χ1v) is 10.8. The Bertz CT molecular complexity index is 980. The minimum Gasteiger partial charge on any atom is -0.374 e. The van der Waals surface area contributed by atoms with Crippen LogP contribution < -0.4 is 21.1 Å². The second-order valence-corrected chi connectivity index (χ2v) is 8.73. The number of nitrogens with one attached hydrogen (secondary N) is 3. The van der Waals surface area contributed by atoms with E-state index in [9.17, 15) is 9.59 Å². The van der Waals surface area contributed by atoms with Gasteiger partial charge in [-0.3, -0.25) is 9.59 Å². The number of aryl methyl sites for hydroxylation is 2. The molecule has 0 radical (unpaired) electrons. The number of carbonyl (C=O) groups excluding carboxylic acids is 1. The number of carbonyl (C=O) groups is 1. The second kappa shape index (κ2) is 9.67. The molecular formula is C23H31ClN4O2. The number of rotatable bonds is 6. The van der Waals surface area contributed by atoms with Gasteiger partial charge in [0.25, 0.3) is 11.5 Å². The number of piperidine rings is 1. The molecule has 1 fully saturated rings. The Hall–Kier alpha value is -2.31. The number of halogens is 1. The van der Waals surface area contributed by atoms with Crippen molar-refractivity contribution in [2.45, 2.75) is 40.2 Å². The molecule has 7 heteroatoms. The fourth-order valence-corrected chi connectivity index (χ4v) is 4.42. The topological polar surface area (TPSA) is 77.2 Å². The van der Waals surface area contributed by atoms with Crippen LogP contribution in [0.15, 0.2) is 23.0 Å². The van der Waals surface area contributed by atoms with Crippen LogP contribution in [0.5, 0.6) is 0 Å². The summed E-state index contributed by atoms with van der Waals surface area (Å²) < 4.78 is 0. The molecule has 1 amide bonds. The molecule has 1 aromatic heterocycles. The molecule has 1 aliphatic rings. The van der Waals surface area contributed by atoms with Gasteiger partial charge in [-0.1, -0.05) is 11.6 Å². The Morgan fingerprint density at radius 2 is 1.90 bits per heavy atom. The van der Waals surface area contributed by atoms with Gasteiger partial charge in [-0.25, -0.2) is 0 Å². The quantitative estimate of drug-likeness (QED) is 0.657. The van der Waals surface area contributed by atoms with E-state index in [0.29, 0.717) is 22.1 Å². The zero-order valence-electron chi connectivity index (χ0n) is 18.2. The van der Waals surface area contributed by atoms with E-state index in [1.807, 2.05) is 32.9 Å². The summed E-state index contributed by atoms with van der Waals surface area (Å²) in [6, 6.07) is 5.52. The highest BCUT2D eigenvalue weighted by Crippen LogP contribution is 2.29. The first-order valence-electron chi connectivity index (χ1n) is 10.5. The number of amides is 1. The number of hydrogen-bond acceptors (Lipinski definition) is 4. The van der Waals surface area contributed by atoms with Crippen molar-refractivity contribution in [1.82, 2.24) is 15.6 Å². The summed E-state index contributed by atoms with van der Waals surface area (Å²) in [5.41, 5.74) is 4.46. The van der Waals surface area contributed by atoms with E-state index in [4.69, 9.17) is 11.6 Å². The van der Waals surface area contributed by atoms with Gasteiger partial charge in [-0.05, 0) is 81.9 Å². The largest absolute Gasteiger partial charge is 0.374 e. The van der Waals surface area contributed by atoms with E-state index in [0.717, 1.165) is 55.0 Å². The molecule has 0 bridgehead atoms. The van der Waals surface area contributed by atoms with Crippen molar-refractivity contribution in [2.24, 2.45) is 5.92 Å². The van der Waals surface area contributed by atoms with E-state index in [1.165, 1.54) is 0 Å². The molecule has 0 aliphatic carbocycles. The van der Waals surface area contributed by atoms with Gasteiger partial charge >= 0.3 is 0 Å². The standard InChI is InChI=1S/C23H31ClN4O2/c1-14-9-15(2)27-23(30)20(14)12-26-22(29)19-10-18(24)11-21(16(19)3)28(4)13-17-5-7-25-8-6-17/h9-11,17,25H,5-8,12-13H2,1-4H3,(H,26,29)(H,27,30). The van der Waals surface area contributed by atoms with Crippen LogP contribution in [0.3, 0.4) is 0 Å². The maximum Gasteiger partial charge on any atom is 0.253 e. The zero-order chi connectivity index (χ0) is 21.8. The van der Waals surface area contributed by atoms with Gasteiger partial charge in [0.2, 0.25) is 0 Å². The molecule has 0 unspecified atom stereocenters. The Morgan fingerprint density at radius 3 is 2.57 bits per heavy atom. The SMILES string of the molecule is Cc1cc(C)c(CNC(=O)c2cc(Cl)cc(N(C)CC3CCNCC3)c2C)c(=O)[nH]1. The third kappa shape index (κ3) is 5.24. The molecule has 1 aliphatic heterocycles. The van der Waals surface area contributed by atoms with Crippen molar-refractivity contribution < 1.29 is 4.79 Å². The van der Waals surface area contributed by atoms with Gasteiger partial charge in [0, 0.05) is 47.7 Å². The molecule has 1 saturated heterocycles. The lowest BCUT2D eigenvalue weighted by atomic mass is 9.97. The van der Waals surface area contributed by atoms with E-state index in [2.05, 4.69) is 27.6 Å². The Balaban J connectivity index is 1.77. The summed E-state index contributed by atoms with van der Waals surface area (Å²) in [5.74, 6) is 0.397.